The van der Waals surface area contributed by atoms with Gasteiger partial charge in [-0.2, -0.15) is 0 Å². The molecule has 0 aromatic carbocycles. The Kier molecular flexibility index (Phi) is 25.6. The highest BCUT2D eigenvalue weighted by atomic mass is 16.4. The Labute approximate surface area is 70.0 Å². The third kappa shape index (κ3) is 42600. The maximum absolute atomic E-state index is 8.06. The Morgan fingerprint density at radius 3 is 0.818 bits per heavy atom. The Morgan fingerprint density at radius 2 is 0.818 bits per heavy atom. The van der Waals surface area contributed by atoms with Gasteiger partial charge in [-0.25, -0.2) is 0 Å². The molecular formula is C8H22O3. The smallest absolute Gasteiger partial charge is 0.0483 e. The molecule has 3 nitrogen and oxygen atoms in total. The lowest BCUT2D eigenvalue weighted by molar-refractivity contribution is 0.215. The Balaban J connectivity index is -0.0000000886. The summed E-state index contributed by atoms with van der Waals surface area (Å²) in [5, 5.41) is 16.1. The lowest BCUT2D eigenvalue weighted by atomic mass is 10.5. The van der Waals surface area contributed by atoms with Crippen molar-refractivity contribution in [1.82, 2.24) is 0 Å². The first kappa shape index (κ1) is 17.1. The minimum absolute atomic E-state index is 0.167. The molecule has 0 unspecified atom stereocenters. The second-order valence-electron chi connectivity index (χ2n) is 2.60. The number of hydrogen-bond donors (Lipinski definition) is 2. The first-order valence-corrected chi connectivity index (χ1v) is 3.64. The van der Waals surface area contributed by atoms with Gasteiger partial charge in [0.05, 0.1) is 0 Å². The van der Waals surface area contributed by atoms with Gasteiger partial charge in [-0.3, -0.25) is 0 Å². The highest BCUT2D eigenvalue weighted by Gasteiger charge is 1.69. The maximum Gasteiger partial charge on any atom is 0.0483 e. The molecule has 0 heterocycles. The van der Waals surface area contributed by atoms with Crippen LogP contribution in [0.3, 0.4) is 0 Å². The summed E-state index contributed by atoms with van der Waals surface area (Å²) in [5.74, 6) is 0. The van der Waals surface area contributed by atoms with E-state index in [1.807, 2.05) is 0 Å². The molecule has 0 aromatic rings. The van der Waals surface area contributed by atoms with Crippen LogP contribution in [0.15, 0.2) is 0 Å². The van der Waals surface area contributed by atoms with Gasteiger partial charge in [0, 0.05) is 26.4 Å². The lowest BCUT2D eigenvalue weighted by Gasteiger charge is -1.80. The second-order valence-corrected chi connectivity index (χ2v) is 2.60. The maximum atomic E-state index is 8.06. The number of methoxy groups -OCH3 is 1. The zero-order valence-electron chi connectivity index (χ0n) is 8.46. The number of ether oxygens (including phenoxy) is 1. The average molecular weight is 166 g/mol. The fourth-order valence-corrected chi connectivity index (χ4v) is 0. The van der Waals surface area contributed by atoms with Crippen molar-refractivity contribution in [2.45, 2.75) is 39.9 Å². The van der Waals surface area contributed by atoms with Crippen molar-refractivity contribution in [2.24, 2.45) is 0 Å². The van der Waals surface area contributed by atoms with Crippen LogP contribution in [0.1, 0.15) is 27.7 Å². The van der Waals surface area contributed by atoms with E-state index in [1.54, 1.807) is 41.9 Å². The van der Waals surface area contributed by atoms with Crippen LogP contribution >= 0.6 is 0 Å². The van der Waals surface area contributed by atoms with E-state index in [4.69, 9.17) is 10.2 Å². The molecule has 0 fully saturated rings. The highest BCUT2D eigenvalue weighted by Crippen LogP contribution is 1.65. The standard InChI is InChI=1S/2C3H8O.C2H6O/c2*1-3(2)4;1-3-2/h2*3-4H,1-2H3;1-2H3. The van der Waals surface area contributed by atoms with Crippen molar-refractivity contribution < 1.29 is 14.9 Å². The van der Waals surface area contributed by atoms with Gasteiger partial charge in [0.2, 0.25) is 0 Å². The number of aliphatic hydroxyl groups excluding tert-OH is 2. The summed E-state index contributed by atoms with van der Waals surface area (Å²) >= 11 is 0. The summed E-state index contributed by atoms with van der Waals surface area (Å²) < 4.78 is 4.25. The quantitative estimate of drug-likeness (QED) is 0.565. The lowest BCUT2D eigenvalue weighted by Crippen LogP contribution is -1.85. The first-order valence-electron chi connectivity index (χ1n) is 3.64. The molecule has 0 spiro atoms. The SMILES string of the molecule is CC(C)O.CC(C)O.COC. The third-order valence-electron chi connectivity index (χ3n) is 0. The molecule has 72 valence electrons. The molecule has 0 aliphatic carbocycles. The van der Waals surface area contributed by atoms with Gasteiger partial charge in [0.1, 0.15) is 0 Å². The molecule has 0 aliphatic rings. The molecule has 0 saturated heterocycles. The van der Waals surface area contributed by atoms with Crippen LogP contribution in [0.25, 0.3) is 0 Å². The fraction of sp³-hybridized carbons (Fsp3) is 1.00. The van der Waals surface area contributed by atoms with E-state index in [1.165, 1.54) is 0 Å². The normalized spacial score (nSPS) is 8.18. The zero-order valence-corrected chi connectivity index (χ0v) is 8.46. The van der Waals surface area contributed by atoms with E-state index in [9.17, 15) is 0 Å². The topological polar surface area (TPSA) is 49.7 Å². The summed E-state index contributed by atoms with van der Waals surface area (Å²) in [6, 6.07) is 0. The van der Waals surface area contributed by atoms with Crippen LogP contribution in [-0.4, -0.2) is 36.6 Å². The summed E-state index contributed by atoms with van der Waals surface area (Å²) in [6.07, 6.45) is -0.333. The predicted octanol–water partition coefficient (Wildman–Crippen LogP) is 1.04. The summed E-state index contributed by atoms with van der Waals surface area (Å²) in [4.78, 5) is 0. The van der Waals surface area contributed by atoms with E-state index in [0.717, 1.165) is 0 Å². The van der Waals surface area contributed by atoms with Crippen LogP contribution in [-0.2, 0) is 4.74 Å². The van der Waals surface area contributed by atoms with Crippen LogP contribution < -0.4 is 0 Å². The second kappa shape index (κ2) is 16.5. The molecule has 11 heavy (non-hydrogen) atoms. The van der Waals surface area contributed by atoms with Crippen LogP contribution in [0.5, 0.6) is 0 Å². The highest BCUT2D eigenvalue weighted by molar-refractivity contribution is 4.21. The fourth-order valence-electron chi connectivity index (χ4n) is 0. The van der Waals surface area contributed by atoms with E-state index >= 15 is 0 Å². The van der Waals surface area contributed by atoms with Crippen molar-refractivity contribution in [3.05, 3.63) is 0 Å². The summed E-state index contributed by atoms with van der Waals surface area (Å²) in [5.41, 5.74) is 0. The van der Waals surface area contributed by atoms with Gasteiger partial charge in [0.25, 0.3) is 0 Å². The van der Waals surface area contributed by atoms with Crippen LogP contribution in [0.4, 0.5) is 0 Å². The van der Waals surface area contributed by atoms with Crippen molar-refractivity contribution in [2.75, 3.05) is 14.2 Å². The summed E-state index contributed by atoms with van der Waals surface area (Å²) in [7, 11) is 3.25. The molecule has 0 radical (unpaired) electrons. The molecule has 0 rings (SSSR count). The van der Waals surface area contributed by atoms with Crippen LogP contribution in [0.2, 0.25) is 0 Å². The van der Waals surface area contributed by atoms with E-state index < -0.39 is 0 Å². The molecule has 0 bridgehead atoms. The largest absolute Gasteiger partial charge is 0.394 e. The Hall–Kier alpha value is -0.120. The molecular weight excluding hydrogens is 144 g/mol. The Morgan fingerprint density at radius 1 is 0.818 bits per heavy atom. The van der Waals surface area contributed by atoms with E-state index in [-0.39, 0.29) is 12.2 Å². The van der Waals surface area contributed by atoms with Gasteiger partial charge in [-0.05, 0) is 27.7 Å². The van der Waals surface area contributed by atoms with Gasteiger partial charge in [-0.1, -0.05) is 0 Å². The molecule has 0 aromatic heterocycles. The van der Waals surface area contributed by atoms with Gasteiger partial charge in [0.15, 0.2) is 0 Å². The molecule has 3 heteroatoms. The van der Waals surface area contributed by atoms with E-state index in [2.05, 4.69) is 4.74 Å². The molecule has 0 amide bonds. The number of hydrogen-bond acceptors (Lipinski definition) is 3. The van der Waals surface area contributed by atoms with Crippen molar-refractivity contribution in [3.63, 3.8) is 0 Å². The van der Waals surface area contributed by atoms with Gasteiger partial charge >= 0.3 is 0 Å². The van der Waals surface area contributed by atoms with Crippen molar-refractivity contribution >= 4 is 0 Å². The molecule has 0 aliphatic heterocycles. The molecule has 0 atom stereocenters. The monoisotopic (exact) mass is 166 g/mol. The zero-order chi connectivity index (χ0) is 9.86. The first-order chi connectivity index (χ1) is 4.88. The average Bonchev–Trinajstić information content (AvgIpc) is 1.60. The summed E-state index contributed by atoms with van der Waals surface area (Å²) in [6.45, 7) is 6.89. The third-order valence-corrected chi connectivity index (χ3v) is 0. The molecule has 0 saturated carbocycles. The van der Waals surface area contributed by atoms with Gasteiger partial charge < -0.3 is 14.9 Å². The van der Waals surface area contributed by atoms with Crippen LogP contribution in [0, 0.1) is 0 Å². The van der Waals surface area contributed by atoms with E-state index in [0.29, 0.717) is 0 Å². The molecule has 2 N–H and O–H groups in total. The van der Waals surface area contributed by atoms with Crippen molar-refractivity contribution in [3.8, 4) is 0 Å². The minimum Gasteiger partial charge on any atom is -0.394 e. The van der Waals surface area contributed by atoms with Gasteiger partial charge in [-0.15, -0.1) is 0 Å². The minimum atomic E-state index is -0.167. The predicted molar refractivity (Wildman–Crippen MR) is 47.6 cm³/mol. The number of aliphatic hydroxyl groups is 2. The van der Waals surface area contributed by atoms with Crippen molar-refractivity contribution in [1.29, 1.82) is 0 Å². The number of rotatable bonds is 0. The Bertz CT molecular complexity index is 33.1.